The number of likely N-dealkylation sites (tertiary alicyclic amines) is 1. The van der Waals surface area contributed by atoms with Crippen molar-refractivity contribution >= 4 is 28.7 Å². The van der Waals surface area contributed by atoms with Gasteiger partial charge in [0.15, 0.2) is 5.52 Å². The van der Waals surface area contributed by atoms with Crippen molar-refractivity contribution in [1.82, 2.24) is 29.5 Å². The van der Waals surface area contributed by atoms with Crippen molar-refractivity contribution in [3.05, 3.63) is 93.7 Å². The van der Waals surface area contributed by atoms with Crippen LogP contribution in [0.25, 0.3) is 33.6 Å². The van der Waals surface area contributed by atoms with Crippen molar-refractivity contribution in [2.24, 2.45) is 7.05 Å². The Kier molecular flexibility index (Phi) is 9.20. The van der Waals surface area contributed by atoms with E-state index in [1.54, 1.807) is 18.0 Å². The molecular formula is C33H34ClFN6O5. The minimum Gasteiger partial charge on any atom is -0.464 e. The molecule has 1 fully saturated rings. The highest BCUT2D eigenvalue weighted by molar-refractivity contribution is 6.31. The van der Waals surface area contributed by atoms with E-state index in [0.717, 1.165) is 28.0 Å². The van der Waals surface area contributed by atoms with Gasteiger partial charge < -0.3 is 19.6 Å². The molecule has 0 bridgehead atoms. The minimum atomic E-state index is -1.07. The van der Waals surface area contributed by atoms with Gasteiger partial charge in [0, 0.05) is 49.4 Å². The molecule has 0 saturated carbocycles. The van der Waals surface area contributed by atoms with Crippen molar-refractivity contribution < 1.29 is 23.4 Å². The summed E-state index contributed by atoms with van der Waals surface area (Å²) >= 11 is 6.59. The number of hydrogen-bond acceptors (Lipinski definition) is 8. The molecule has 46 heavy (non-hydrogen) atoms. The molecule has 0 radical (unpaired) electrons. The van der Waals surface area contributed by atoms with Crippen LogP contribution in [-0.2, 0) is 31.4 Å². The number of aryl methyl sites for hydroxylation is 1. The highest BCUT2D eigenvalue weighted by atomic mass is 35.5. The van der Waals surface area contributed by atoms with Gasteiger partial charge in [0.1, 0.15) is 24.6 Å². The zero-order chi connectivity index (χ0) is 32.3. The largest absolute Gasteiger partial charge is 0.464 e. The monoisotopic (exact) mass is 648 g/mol. The normalized spacial score (nSPS) is 14.9. The Morgan fingerprint density at radius 2 is 1.89 bits per heavy atom. The summed E-state index contributed by atoms with van der Waals surface area (Å²) in [5, 5.41) is 19.2. The minimum absolute atomic E-state index is 0.114. The van der Waals surface area contributed by atoms with Gasteiger partial charge in [0.05, 0.1) is 30.4 Å². The van der Waals surface area contributed by atoms with E-state index in [9.17, 15) is 19.1 Å². The first kappa shape index (κ1) is 31.5. The number of piperidine rings is 1. The van der Waals surface area contributed by atoms with Crippen LogP contribution in [0.15, 0.2) is 76.4 Å². The summed E-state index contributed by atoms with van der Waals surface area (Å²) in [6.07, 6.45) is 3.39. The van der Waals surface area contributed by atoms with Crippen molar-refractivity contribution in [3.63, 3.8) is 0 Å². The Morgan fingerprint density at radius 3 is 2.59 bits per heavy atom. The van der Waals surface area contributed by atoms with E-state index in [4.69, 9.17) is 16.0 Å². The molecule has 2 aromatic carbocycles. The molecule has 0 spiro atoms. The van der Waals surface area contributed by atoms with Crippen molar-refractivity contribution in [2.75, 3.05) is 26.4 Å². The standard InChI is InChI=1S/C33H34ClFN6O5/c1-39-30(23-6-4-22(5-7-23)18-36-32(43)46-16-12-35)28-29(38-39)31(42)41(21-37-28)20-33(44)10-13-40(14-11-33)19-25-9-8-24(17-26(25)34)27-3-2-15-45-27/h2-9,15,17,21,44H,10-14,16,18-20H2,1H3,(H,36,43). The second-order valence-corrected chi connectivity index (χ2v) is 11.9. The number of carbonyl (C=O) groups excluding carboxylic acids is 1. The van der Waals surface area contributed by atoms with Crippen LogP contribution < -0.4 is 10.9 Å². The first-order chi connectivity index (χ1) is 22.2. The van der Waals surface area contributed by atoms with Gasteiger partial charge in [-0.15, -0.1) is 0 Å². The summed E-state index contributed by atoms with van der Waals surface area (Å²) in [6, 6.07) is 17.0. The first-order valence-electron chi connectivity index (χ1n) is 15.0. The van der Waals surface area contributed by atoms with E-state index >= 15 is 0 Å². The number of aromatic nitrogens is 4. The number of nitrogens with zero attached hydrogens (tertiary/aromatic N) is 5. The molecule has 1 saturated heterocycles. The number of fused-ring (bicyclic) bond motifs is 1. The number of alkyl carbamates (subject to hydrolysis) is 1. The SMILES string of the molecule is Cn1nc2c(=O)n(CC3(O)CCN(Cc4ccc(-c5ccco5)cc4Cl)CC3)cnc2c1-c1ccc(CNC(=O)OCCF)cc1. The number of hydrogen-bond donors (Lipinski definition) is 2. The second-order valence-electron chi connectivity index (χ2n) is 11.5. The average Bonchev–Trinajstić information content (AvgIpc) is 3.71. The molecule has 1 aliphatic heterocycles. The van der Waals surface area contributed by atoms with Gasteiger partial charge in [-0.05, 0) is 42.2 Å². The summed E-state index contributed by atoms with van der Waals surface area (Å²) < 4.78 is 25.4. The van der Waals surface area contributed by atoms with Gasteiger partial charge in [-0.3, -0.25) is 18.9 Å². The van der Waals surface area contributed by atoms with E-state index < -0.39 is 18.4 Å². The third-order valence-corrected chi connectivity index (χ3v) is 8.64. The molecule has 1 amide bonds. The summed E-state index contributed by atoms with van der Waals surface area (Å²) in [6.45, 7) is 1.26. The summed E-state index contributed by atoms with van der Waals surface area (Å²) in [4.78, 5) is 31.9. The second kappa shape index (κ2) is 13.5. The number of ether oxygens (including phenoxy) is 1. The zero-order valence-corrected chi connectivity index (χ0v) is 26.0. The number of benzene rings is 2. The maximum atomic E-state index is 13.5. The van der Waals surface area contributed by atoms with Gasteiger partial charge in [0.25, 0.3) is 5.56 Å². The average molecular weight is 649 g/mol. The summed E-state index contributed by atoms with van der Waals surface area (Å²) in [5.41, 5.74) is 3.48. The predicted octanol–water partition coefficient (Wildman–Crippen LogP) is 4.93. The molecule has 240 valence electrons. The molecule has 13 heteroatoms. The molecule has 0 aliphatic carbocycles. The topological polar surface area (TPSA) is 128 Å². The molecule has 0 atom stereocenters. The van der Waals surface area contributed by atoms with Gasteiger partial charge in [-0.2, -0.15) is 5.10 Å². The highest BCUT2D eigenvalue weighted by Crippen LogP contribution is 2.30. The third-order valence-electron chi connectivity index (χ3n) is 8.29. The molecule has 2 N–H and O–H groups in total. The van der Waals surface area contributed by atoms with Crippen LogP contribution >= 0.6 is 11.6 Å². The number of rotatable bonds is 10. The molecule has 3 aromatic heterocycles. The van der Waals surface area contributed by atoms with Crippen LogP contribution in [0.1, 0.15) is 24.0 Å². The first-order valence-corrected chi connectivity index (χ1v) is 15.4. The molecule has 6 rings (SSSR count). The van der Waals surface area contributed by atoms with Crippen LogP contribution in [0.2, 0.25) is 5.02 Å². The Bertz CT molecular complexity index is 1880. The fraction of sp³-hybridized carbons (Fsp3) is 0.333. The Balaban J connectivity index is 1.10. The lowest BCUT2D eigenvalue weighted by molar-refractivity contribution is -0.0364. The quantitative estimate of drug-likeness (QED) is 0.218. The van der Waals surface area contributed by atoms with E-state index in [1.807, 2.05) is 54.6 Å². The van der Waals surface area contributed by atoms with E-state index in [-0.39, 0.29) is 30.8 Å². The van der Waals surface area contributed by atoms with Crippen LogP contribution in [-0.4, -0.2) is 67.4 Å². The number of furan rings is 1. The highest BCUT2D eigenvalue weighted by Gasteiger charge is 2.33. The Labute approximate surface area is 269 Å². The van der Waals surface area contributed by atoms with Crippen LogP contribution in [0.4, 0.5) is 9.18 Å². The van der Waals surface area contributed by atoms with Gasteiger partial charge >= 0.3 is 6.09 Å². The predicted molar refractivity (Wildman–Crippen MR) is 171 cm³/mol. The molecule has 11 nitrogen and oxygen atoms in total. The molecule has 1 aliphatic rings. The Hall–Kier alpha value is -4.52. The lowest BCUT2D eigenvalue weighted by Gasteiger charge is -2.38. The number of aliphatic hydroxyl groups is 1. The number of nitrogens with one attached hydrogen (secondary N) is 1. The molecule has 5 aromatic rings. The lowest BCUT2D eigenvalue weighted by atomic mass is 9.91. The van der Waals surface area contributed by atoms with Gasteiger partial charge in [-0.25, -0.2) is 14.2 Å². The Morgan fingerprint density at radius 1 is 1.13 bits per heavy atom. The van der Waals surface area contributed by atoms with Gasteiger partial charge in [-0.1, -0.05) is 48.0 Å². The number of alkyl halides is 1. The van der Waals surface area contributed by atoms with E-state index in [1.165, 1.54) is 10.9 Å². The van der Waals surface area contributed by atoms with Crippen LogP contribution in [0.5, 0.6) is 0 Å². The van der Waals surface area contributed by atoms with Gasteiger partial charge in [0.2, 0.25) is 0 Å². The van der Waals surface area contributed by atoms with Crippen LogP contribution in [0, 0.1) is 0 Å². The van der Waals surface area contributed by atoms with E-state index in [2.05, 4.69) is 25.0 Å². The third kappa shape index (κ3) is 6.84. The molecule has 0 unspecified atom stereocenters. The molecular weight excluding hydrogens is 615 g/mol. The summed E-state index contributed by atoms with van der Waals surface area (Å²) in [7, 11) is 1.75. The van der Waals surface area contributed by atoms with Crippen LogP contribution in [0.3, 0.4) is 0 Å². The fourth-order valence-electron chi connectivity index (χ4n) is 5.78. The van der Waals surface area contributed by atoms with E-state index in [0.29, 0.717) is 48.7 Å². The molecule has 4 heterocycles. The number of carbonyl (C=O) groups is 1. The maximum Gasteiger partial charge on any atom is 0.407 e. The smallest absolute Gasteiger partial charge is 0.407 e. The van der Waals surface area contributed by atoms with Crippen molar-refractivity contribution in [1.29, 1.82) is 0 Å². The maximum absolute atomic E-state index is 13.5. The fourth-order valence-corrected chi connectivity index (χ4v) is 6.02. The number of amides is 1. The number of halogens is 2. The van der Waals surface area contributed by atoms with Crippen molar-refractivity contribution in [2.45, 2.75) is 38.1 Å². The summed E-state index contributed by atoms with van der Waals surface area (Å²) in [5.74, 6) is 0.763. The lowest BCUT2D eigenvalue weighted by Crippen LogP contribution is -2.47. The van der Waals surface area contributed by atoms with Crippen molar-refractivity contribution in [3.8, 4) is 22.6 Å². The zero-order valence-electron chi connectivity index (χ0n) is 25.3.